The van der Waals surface area contributed by atoms with Gasteiger partial charge in [-0.2, -0.15) is 0 Å². The molecule has 0 spiro atoms. The van der Waals surface area contributed by atoms with E-state index in [-0.39, 0.29) is 48.6 Å². The van der Waals surface area contributed by atoms with E-state index in [1.54, 1.807) is 11.1 Å². The van der Waals surface area contributed by atoms with Crippen molar-refractivity contribution in [3.8, 4) is 0 Å². The monoisotopic (exact) mass is 540 g/mol. The van der Waals surface area contributed by atoms with E-state index in [0.29, 0.717) is 0 Å². The van der Waals surface area contributed by atoms with Gasteiger partial charge in [0.2, 0.25) is 0 Å². The molecule has 2 aliphatic carbocycles. The fourth-order valence-corrected chi connectivity index (χ4v) is 10.7. The predicted octanol–water partition coefficient (Wildman–Crippen LogP) is 8.06. The van der Waals surface area contributed by atoms with Crippen molar-refractivity contribution >= 4 is 59.4 Å². The van der Waals surface area contributed by atoms with Gasteiger partial charge >= 0.3 is 37.7 Å². The van der Waals surface area contributed by atoms with E-state index in [1.807, 2.05) is 0 Å². The van der Waals surface area contributed by atoms with Gasteiger partial charge < -0.3 is 0 Å². The summed E-state index contributed by atoms with van der Waals surface area (Å²) in [6, 6.07) is 43.8. The van der Waals surface area contributed by atoms with Gasteiger partial charge in [-0.3, -0.25) is 0 Å². The van der Waals surface area contributed by atoms with E-state index < -0.39 is 9.52 Å². The molecule has 200 valence electrons. The third-order valence-corrected chi connectivity index (χ3v) is 11.5. The van der Waals surface area contributed by atoms with Crippen LogP contribution in [0.2, 0.25) is 12.1 Å². The molecule has 0 aromatic heterocycles. The molecule has 2 unspecified atom stereocenters. The molecule has 0 aliphatic heterocycles. The summed E-state index contributed by atoms with van der Waals surface area (Å²) in [6.07, 6.45) is 9.74. The molecule has 0 nitrogen and oxygen atoms in total. The summed E-state index contributed by atoms with van der Waals surface area (Å²) in [5, 5.41) is 0. The van der Waals surface area contributed by atoms with Crippen LogP contribution in [0, 0.1) is 0 Å². The van der Waals surface area contributed by atoms with E-state index in [0.717, 1.165) is 12.8 Å². The van der Waals surface area contributed by atoms with Crippen LogP contribution in [0.1, 0.15) is 72.9 Å². The van der Waals surface area contributed by atoms with Gasteiger partial charge in [-0.25, -0.2) is 0 Å². The van der Waals surface area contributed by atoms with Crippen molar-refractivity contribution in [2.75, 3.05) is 0 Å². The first-order chi connectivity index (χ1) is 19.2. The Labute approximate surface area is 273 Å². The molecule has 0 amide bonds. The molecular weight excluding hydrogens is 498 g/mol. The predicted molar refractivity (Wildman–Crippen MR) is 186 cm³/mol. The second-order valence-corrected chi connectivity index (χ2v) is 13.1. The number of hydrogen-bond donors (Lipinski definition) is 0. The molecule has 0 bridgehead atoms. The zero-order valence-electron chi connectivity index (χ0n) is 23.5. The summed E-state index contributed by atoms with van der Waals surface area (Å²) in [6.45, 7) is 4.66. The molecule has 41 heavy (non-hydrogen) atoms. The first kappa shape index (κ1) is 31.7. The van der Waals surface area contributed by atoms with Gasteiger partial charge in [-0.15, -0.1) is 0 Å². The maximum atomic E-state index is 2.53. The normalized spacial score (nSPS) is 20.5. The van der Waals surface area contributed by atoms with E-state index in [1.165, 1.54) is 58.3 Å². The second-order valence-electron chi connectivity index (χ2n) is 11.4. The summed E-state index contributed by atoms with van der Waals surface area (Å²) in [4.78, 5) is 0. The number of fused-ring (bicyclic) bond motifs is 2. The van der Waals surface area contributed by atoms with Gasteiger partial charge in [0, 0.05) is 20.3 Å². The zero-order chi connectivity index (χ0) is 26.7. The van der Waals surface area contributed by atoms with Crippen LogP contribution in [0.5, 0.6) is 0 Å². The van der Waals surface area contributed by atoms with Gasteiger partial charge in [-0.1, -0.05) is 159 Å². The van der Waals surface area contributed by atoms with Crippen molar-refractivity contribution in [1.82, 2.24) is 0 Å². The van der Waals surface area contributed by atoms with Crippen molar-refractivity contribution in [1.29, 1.82) is 0 Å². The van der Waals surface area contributed by atoms with Crippen LogP contribution in [0.15, 0.2) is 120 Å². The van der Waals surface area contributed by atoms with Crippen molar-refractivity contribution in [3.05, 3.63) is 154 Å². The fourth-order valence-electron chi connectivity index (χ4n) is 7.73. The molecule has 0 radical (unpaired) electrons. The quantitative estimate of drug-likeness (QED) is 0.179. The molecule has 0 N–H and O–H groups in total. The minimum atomic E-state index is -0.507. The average Bonchev–Trinajstić information content (AvgIpc) is 3.48. The Hall–Kier alpha value is -2.23. The van der Waals surface area contributed by atoms with E-state index >= 15 is 0 Å². The number of allylic oxidation sites excluding steroid dienone is 2. The van der Waals surface area contributed by atoms with Crippen LogP contribution >= 0.6 is 0 Å². The van der Waals surface area contributed by atoms with Gasteiger partial charge in [0.25, 0.3) is 0 Å². The maximum absolute atomic E-state index is 2.53. The Balaban J connectivity index is 0.00000194. The Kier molecular flexibility index (Phi) is 10.7. The van der Waals surface area contributed by atoms with Crippen LogP contribution < -0.4 is 0 Å². The van der Waals surface area contributed by atoms with Crippen LogP contribution in [-0.2, 0) is 10.8 Å². The van der Waals surface area contributed by atoms with E-state index in [4.69, 9.17) is 0 Å². The minimum absolute atomic E-state index is 0. The molecule has 6 rings (SSSR count). The molecular formula is C38H42Li2Si. The summed E-state index contributed by atoms with van der Waals surface area (Å²) in [5.41, 5.74) is 12.1. The summed E-state index contributed by atoms with van der Waals surface area (Å²) in [7, 11) is -0.507. The standard InChI is InChI=1S/C38H40Si.2Li.2H/c1-3-15-33-25-29-17-11-13-23-35(29)37(33,31-19-7-5-8-20-31)27-39-28-38(32-21-9-6-10-22-32)34(16-4-2)26-30-18-12-14-24-36(30)38;;;;/h5-14,17-26H,3-4,15-16,27-28,39H2,1-2H3;;;;. The van der Waals surface area contributed by atoms with Crippen LogP contribution in [-0.4, -0.2) is 47.2 Å². The molecule has 4 aromatic rings. The third kappa shape index (κ3) is 5.50. The molecule has 2 atom stereocenters. The molecule has 0 heterocycles. The van der Waals surface area contributed by atoms with Crippen molar-refractivity contribution in [2.45, 2.75) is 62.4 Å². The topological polar surface area (TPSA) is 0 Å². The second kappa shape index (κ2) is 13.8. The van der Waals surface area contributed by atoms with Gasteiger partial charge in [0.15, 0.2) is 0 Å². The summed E-state index contributed by atoms with van der Waals surface area (Å²) in [5.74, 6) is 0. The fraction of sp³-hybridized carbons (Fsp3) is 0.263. The van der Waals surface area contributed by atoms with Gasteiger partial charge in [0.05, 0.1) is 0 Å². The Morgan fingerprint density at radius 2 is 0.854 bits per heavy atom. The molecule has 4 aromatic carbocycles. The Morgan fingerprint density at radius 1 is 0.488 bits per heavy atom. The SMILES string of the molecule is CCCC1=Cc2ccccc2C1(C[SiH2]CC1(c2ccccc2)C(CCC)=Cc2ccccc21)c1ccccc1.[LiH].[LiH]. The van der Waals surface area contributed by atoms with Gasteiger partial charge in [0.1, 0.15) is 0 Å². The van der Waals surface area contributed by atoms with Crippen molar-refractivity contribution in [2.24, 2.45) is 0 Å². The van der Waals surface area contributed by atoms with E-state index in [2.05, 4.69) is 135 Å². The van der Waals surface area contributed by atoms with Crippen LogP contribution in [0.25, 0.3) is 12.2 Å². The molecule has 0 saturated heterocycles. The number of benzene rings is 4. The zero-order valence-corrected chi connectivity index (χ0v) is 24.9. The first-order valence-electron chi connectivity index (χ1n) is 15.0. The van der Waals surface area contributed by atoms with Gasteiger partial charge in [-0.05, 0) is 58.3 Å². The molecule has 3 heteroatoms. The summed E-state index contributed by atoms with van der Waals surface area (Å²) < 4.78 is 0. The first-order valence-corrected chi connectivity index (χ1v) is 17.0. The average molecular weight is 541 g/mol. The summed E-state index contributed by atoms with van der Waals surface area (Å²) >= 11 is 0. The van der Waals surface area contributed by atoms with Crippen molar-refractivity contribution < 1.29 is 0 Å². The number of rotatable bonds is 10. The molecule has 0 saturated carbocycles. The number of hydrogen-bond acceptors (Lipinski definition) is 0. The Bertz CT molecular complexity index is 1390. The Morgan fingerprint density at radius 3 is 1.24 bits per heavy atom. The van der Waals surface area contributed by atoms with Crippen molar-refractivity contribution in [3.63, 3.8) is 0 Å². The van der Waals surface area contributed by atoms with Crippen LogP contribution in [0.3, 0.4) is 0 Å². The van der Waals surface area contributed by atoms with Crippen LogP contribution in [0.4, 0.5) is 0 Å². The molecule has 2 aliphatic rings. The molecule has 0 fully saturated rings. The van der Waals surface area contributed by atoms with E-state index in [9.17, 15) is 0 Å². The third-order valence-electron chi connectivity index (χ3n) is 9.27.